The number of aliphatic hydroxyl groups excluding tert-OH is 5. The van der Waals surface area contributed by atoms with Crippen LogP contribution in [0.25, 0.3) is 0 Å². The van der Waals surface area contributed by atoms with Crippen LogP contribution in [0, 0.1) is 3.57 Å². The summed E-state index contributed by atoms with van der Waals surface area (Å²) >= 11 is 1.60. The SMILES string of the molecule is CC(=O)N[C@H]1[C@@H](OP(=O)(O)OP(=O)(O)OC[C@H]2O[C@@H](n3cc(I)c(=O)[nH]c3=O)[C@H](O)[C@@H]2O)O[C@H](CO)[C@H](O)[C@@H]1O. The van der Waals surface area contributed by atoms with Crippen molar-refractivity contribution < 1.29 is 72.1 Å². The molecule has 23 heteroatoms. The highest BCUT2D eigenvalue weighted by Gasteiger charge is 2.50. The molecule has 3 heterocycles. The third kappa shape index (κ3) is 7.82. The van der Waals surface area contributed by atoms with Crippen molar-refractivity contribution in [1.82, 2.24) is 14.9 Å². The van der Waals surface area contributed by atoms with Crippen molar-refractivity contribution >= 4 is 44.1 Å². The number of nitrogens with zero attached hydrogens (tertiary/aromatic N) is 1. The number of ether oxygens (including phenoxy) is 2. The highest BCUT2D eigenvalue weighted by Crippen LogP contribution is 2.61. The second kappa shape index (κ2) is 13.0. The molecule has 20 nitrogen and oxygen atoms in total. The molecule has 2 aliphatic heterocycles. The summed E-state index contributed by atoms with van der Waals surface area (Å²) in [7, 11) is -11.2. The smallest absolute Gasteiger partial charge is 0.394 e. The lowest BCUT2D eigenvalue weighted by Crippen LogP contribution is -2.64. The van der Waals surface area contributed by atoms with Crippen molar-refractivity contribution in [2.45, 2.75) is 62.1 Å². The number of carbonyl (C=O) groups excluding carboxylic acids is 1. The van der Waals surface area contributed by atoms with Crippen LogP contribution in [-0.2, 0) is 36.8 Å². The minimum Gasteiger partial charge on any atom is -0.394 e. The van der Waals surface area contributed by atoms with Crippen molar-refractivity contribution in [1.29, 1.82) is 0 Å². The Labute approximate surface area is 236 Å². The Hall–Kier alpha value is -1.14. The lowest BCUT2D eigenvalue weighted by Gasteiger charge is -2.42. The monoisotopic (exact) mass is 733 g/mol. The van der Waals surface area contributed by atoms with Crippen LogP contribution in [0.1, 0.15) is 13.2 Å². The summed E-state index contributed by atoms with van der Waals surface area (Å²) in [5, 5.41) is 52.1. The molecule has 0 saturated carbocycles. The van der Waals surface area contributed by atoms with Gasteiger partial charge >= 0.3 is 21.3 Å². The standard InChI is InChI=1S/C17H26IN3O17P2/c1-5(23)19-9-12(26)10(24)7(3-22)36-16(9)37-40(32,33)38-39(30,31)34-4-8-11(25)13(27)15(35-8)21-2-6(18)14(28)20-17(21)29/h2,7-13,15-16,22,24-27H,3-4H2,1H3,(H,19,23)(H,30,31)(H,32,33)(H,20,28,29)/t7-,8-,9-,10+,11-,12-,13-,15-,16-/m1/s1. The Morgan fingerprint density at radius 1 is 1.07 bits per heavy atom. The first-order valence-corrected chi connectivity index (χ1v) is 15.1. The number of phosphoric ester groups is 2. The normalized spacial score (nSPS) is 35.6. The molecule has 9 N–H and O–H groups in total. The fourth-order valence-corrected chi connectivity index (χ4v) is 6.38. The van der Waals surface area contributed by atoms with Gasteiger partial charge in [0.15, 0.2) is 12.5 Å². The first kappa shape index (κ1) is 33.4. The maximum absolute atomic E-state index is 12.5. The molecule has 1 aromatic rings. The number of hydrogen-bond donors (Lipinski definition) is 9. The van der Waals surface area contributed by atoms with E-state index in [9.17, 15) is 58.8 Å². The lowest BCUT2D eigenvalue weighted by atomic mass is 9.97. The van der Waals surface area contributed by atoms with E-state index in [0.717, 1.165) is 17.7 Å². The molecule has 1 amide bonds. The van der Waals surface area contributed by atoms with Crippen molar-refractivity contribution in [3.8, 4) is 0 Å². The average molecular weight is 733 g/mol. The third-order valence-corrected chi connectivity index (χ3v) is 9.00. The maximum atomic E-state index is 12.5. The van der Waals surface area contributed by atoms with Crippen LogP contribution in [0.4, 0.5) is 0 Å². The van der Waals surface area contributed by atoms with Gasteiger partial charge in [0.2, 0.25) is 5.91 Å². The average Bonchev–Trinajstić information content (AvgIpc) is 3.12. The van der Waals surface area contributed by atoms with Crippen molar-refractivity contribution in [2.24, 2.45) is 0 Å². The molecule has 2 aliphatic rings. The van der Waals surface area contributed by atoms with Crippen LogP contribution in [0.3, 0.4) is 0 Å². The predicted octanol–water partition coefficient (Wildman–Crippen LogP) is -4.05. The lowest BCUT2D eigenvalue weighted by molar-refractivity contribution is -0.247. The number of aromatic nitrogens is 2. The van der Waals surface area contributed by atoms with Gasteiger partial charge in [0, 0.05) is 13.1 Å². The molecule has 0 aromatic carbocycles. The molecule has 2 unspecified atom stereocenters. The van der Waals surface area contributed by atoms with E-state index in [4.69, 9.17) is 9.47 Å². The zero-order valence-corrected chi connectivity index (χ0v) is 24.1. The van der Waals surface area contributed by atoms with E-state index in [-0.39, 0.29) is 3.57 Å². The van der Waals surface area contributed by atoms with Gasteiger partial charge in [-0.3, -0.25) is 28.2 Å². The largest absolute Gasteiger partial charge is 0.483 e. The van der Waals surface area contributed by atoms with E-state index < -0.39 is 101 Å². The predicted molar refractivity (Wildman–Crippen MR) is 133 cm³/mol. The molecule has 0 spiro atoms. The van der Waals surface area contributed by atoms with Gasteiger partial charge in [0.05, 0.1) is 16.8 Å². The Balaban J connectivity index is 1.67. The van der Waals surface area contributed by atoms with Gasteiger partial charge in [-0.25, -0.2) is 13.9 Å². The summed E-state index contributed by atoms with van der Waals surface area (Å²) in [6, 6.07) is -1.70. The molecule has 2 fully saturated rings. The molecule has 0 aliphatic carbocycles. The second-order valence-corrected chi connectivity index (χ2v) is 12.7. The number of hydrogen-bond acceptors (Lipinski definition) is 15. The molecule has 11 atom stereocenters. The summed E-state index contributed by atoms with van der Waals surface area (Å²) in [5.41, 5.74) is -1.72. The van der Waals surface area contributed by atoms with Crippen LogP contribution in [-0.4, -0.2) is 113 Å². The Morgan fingerprint density at radius 3 is 2.30 bits per heavy atom. The van der Waals surface area contributed by atoms with Crippen LogP contribution in [0.2, 0.25) is 0 Å². The molecule has 1 aromatic heterocycles. The van der Waals surface area contributed by atoms with Gasteiger partial charge in [-0.15, -0.1) is 0 Å². The maximum Gasteiger partial charge on any atom is 0.483 e. The number of aliphatic hydroxyl groups is 5. The minimum absolute atomic E-state index is 0.0316. The molecular formula is C17H26IN3O17P2. The number of H-pyrrole nitrogens is 1. The van der Waals surface area contributed by atoms with E-state index in [2.05, 4.69) is 18.7 Å². The highest BCUT2D eigenvalue weighted by atomic mass is 127. The van der Waals surface area contributed by atoms with E-state index in [0.29, 0.717) is 0 Å². The van der Waals surface area contributed by atoms with Gasteiger partial charge in [-0.05, 0) is 22.6 Å². The van der Waals surface area contributed by atoms with Crippen LogP contribution in [0.15, 0.2) is 15.8 Å². The first-order valence-electron chi connectivity index (χ1n) is 11.1. The van der Waals surface area contributed by atoms with Crippen LogP contribution < -0.4 is 16.6 Å². The van der Waals surface area contributed by atoms with Gasteiger partial charge in [0.1, 0.15) is 42.7 Å². The zero-order chi connectivity index (χ0) is 30.2. The van der Waals surface area contributed by atoms with Gasteiger partial charge in [-0.2, -0.15) is 4.31 Å². The molecule has 40 heavy (non-hydrogen) atoms. The summed E-state index contributed by atoms with van der Waals surface area (Å²) < 4.78 is 49.4. The fraction of sp³-hybridized carbons (Fsp3) is 0.706. The van der Waals surface area contributed by atoms with Crippen molar-refractivity contribution in [3.63, 3.8) is 0 Å². The number of nitrogens with one attached hydrogen (secondary N) is 2. The fourth-order valence-electron chi connectivity index (χ4n) is 3.78. The number of rotatable bonds is 10. The summed E-state index contributed by atoms with van der Waals surface area (Å²) in [4.78, 5) is 57.1. The molecule has 228 valence electrons. The molecule has 2 saturated heterocycles. The van der Waals surface area contributed by atoms with Crippen LogP contribution >= 0.6 is 38.2 Å². The van der Waals surface area contributed by atoms with Crippen LogP contribution in [0.5, 0.6) is 0 Å². The first-order chi connectivity index (χ1) is 18.5. The molecular weight excluding hydrogens is 707 g/mol. The highest BCUT2D eigenvalue weighted by molar-refractivity contribution is 14.1. The molecule has 0 bridgehead atoms. The van der Waals surface area contributed by atoms with E-state index in [1.54, 1.807) is 22.6 Å². The summed E-state index contributed by atoms with van der Waals surface area (Å²) in [6.45, 7) is -0.942. The third-order valence-electron chi connectivity index (χ3n) is 5.63. The van der Waals surface area contributed by atoms with E-state index in [1.807, 2.05) is 4.98 Å². The Bertz CT molecular complexity index is 1290. The van der Waals surface area contributed by atoms with Gasteiger partial charge in [0.25, 0.3) is 5.56 Å². The zero-order valence-electron chi connectivity index (χ0n) is 20.1. The van der Waals surface area contributed by atoms with Gasteiger partial charge < -0.3 is 50.1 Å². The Morgan fingerprint density at radius 2 is 1.70 bits per heavy atom. The topological polar surface area (TPSA) is 306 Å². The minimum atomic E-state index is -5.63. The number of amides is 1. The number of halogens is 1. The second-order valence-electron chi connectivity index (χ2n) is 8.54. The number of phosphoric acid groups is 2. The van der Waals surface area contributed by atoms with Crippen molar-refractivity contribution in [2.75, 3.05) is 13.2 Å². The van der Waals surface area contributed by atoms with Gasteiger partial charge in [-0.1, -0.05) is 0 Å². The Kier molecular flexibility index (Phi) is 10.9. The van der Waals surface area contributed by atoms with Crippen molar-refractivity contribution in [3.05, 3.63) is 30.6 Å². The summed E-state index contributed by atoms with van der Waals surface area (Å²) in [5.74, 6) is -0.796. The van der Waals surface area contributed by atoms with E-state index in [1.165, 1.54) is 0 Å². The summed E-state index contributed by atoms with van der Waals surface area (Å²) in [6.07, 6.45) is -13.0. The quantitative estimate of drug-likeness (QED) is 0.0817. The molecule has 0 radical (unpaired) electrons. The molecule has 3 rings (SSSR count). The number of aromatic amines is 1. The van der Waals surface area contributed by atoms with E-state index >= 15 is 0 Å². The number of carbonyl (C=O) groups is 1.